The standard InChI is InChI=1S/C19H18N4O3S/c1-2-11-23-19(26)15-8-4-3-7-14(15)17(22-23)18(25)21-20-16(24)10-9-13-6-5-12-27-13/h3-10,12H,2,11H2,1H3,(H,20,24)(H,21,25)/b10-9+. The second-order valence-electron chi connectivity index (χ2n) is 5.71. The molecule has 27 heavy (non-hydrogen) atoms. The zero-order valence-corrected chi connectivity index (χ0v) is 15.5. The number of fused-ring (bicyclic) bond motifs is 1. The molecule has 0 aliphatic rings. The van der Waals surface area contributed by atoms with Crippen molar-refractivity contribution in [2.75, 3.05) is 0 Å². The molecule has 3 aromatic rings. The van der Waals surface area contributed by atoms with E-state index in [0.29, 0.717) is 23.7 Å². The van der Waals surface area contributed by atoms with Crippen molar-refractivity contribution in [1.29, 1.82) is 0 Å². The van der Waals surface area contributed by atoms with Crippen LogP contribution in [0.5, 0.6) is 0 Å². The minimum Gasteiger partial charge on any atom is -0.268 e. The van der Waals surface area contributed by atoms with Crippen molar-refractivity contribution in [3.8, 4) is 0 Å². The van der Waals surface area contributed by atoms with Crippen LogP contribution >= 0.6 is 11.3 Å². The molecule has 7 nitrogen and oxygen atoms in total. The number of rotatable bonds is 5. The van der Waals surface area contributed by atoms with Crippen LogP contribution in [0.3, 0.4) is 0 Å². The van der Waals surface area contributed by atoms with E-state index in [9.17, 15) is 14.4 Å². The number of amides is 2. The van der Waals surface area contributed by atoms with E-state index in [2.05, 4.69) is 16.0 Å². The molecule has 8 heteroatoms. The van der Waals surface area contributed by atoms with Gasteiger partial charge in [0.2, 0.25) is 0 Å². The smallest absolute Gasteiger partial charge is 0.268 e. The molecule has 2 heterocycles. The number of nitrogens with one attached hydrogen (secondary N) is 2. The molecule has 138 valence electrons. The average molecular weight is 382 g/mol. The van der Waals surface area contributed by atoms with Crippen LogP contribution in [0.2, 0.25) is 0 Å². The number of carbonyl (C=O) groups excluding carboxylic acids is 2. The monoisotopic (exact) mass is 382 g/mol. The third-order valence-electron chi connectivity index (χ3n) is 3.76. The number of aryl methyl sites for hydroxylation is 1. The first-order valence-corrected chi connectivity index (χ1v) is 9.30. The maximum absolute atomic E-state index is 12.5. The highest BCUT2D eigenvalue weighted by atomic mass is 32.1. The molecule has 0 unspecified atom stereocenters. The minimum atomic E-state index is -0.589. The summed E-state index contributed by atoms with van der Waals surface area (Å²) in [5.41, 5.74) is 4.51. The Bertz CT molecular complexity index is 1050. The van der Waals surface area contributed by atoms with E-state index < -0.39 is 11.8 Å². The van der Waals surface area contributed by atoms with Crippen LogP contribution < -0.4 is 16.4 Å². The lowest BCUT2D eigenvalue weighted by Gasteiger charge is -2.10. The number of thiophene rings is 1. The van der Waals surface area contributed by atoms with Gasteiger partial charge in [-0.1, -0.05) is 31.2 Å². The Balaban J connectivity index is 1.80. The van der Waals surface area contributed by atoms with E-state index in [1.165, 1.54) is 22.1 Å². The first-order valence-electron chi connectivity index (χ1n) is 8.42. The Morgan fingerprint density at radius 2 is 1.93 bits per heavy atom. The van der Waals surface area contributed by atoms with Gasteiger partial charge < -0.3 is 0 Å². The number of benzene rings is 1. The van der Waals surface area contributed by atoms with Gasteiger partial charge in [0.15, 0.2) is 5.69 Å². The van der Waals surface area contributed by atoms with Crippen LogP contribution in [-0.2, 0) is 11.3 Å². The van der Waals surface area contributed by atoms with Gasteiger partial charge in [-0.15, -0.1) is 11.3 Å². The van der Waals surface area contributed by atoms with Crippen LogP contribution in [0.4, 0.5) is 0 Å². The summed E-state index contributed by atoms with van der Waals surface area (Å²) in [6.45, 7) is 2.32. The van der Waals surface area contributed by atoms with Crippen molar-refractivity contribution in [3.05, 3.63) is 68.8 Å². The van der Waals surface area contributed by atoms with Gasteiger partial charge in [0.25, 0.3) is 17.4 Å². The van der Waals surface area contributed by atoms with Gasteiger partial charge in [0.05, 0.1) is 5.39 Å². The second kappa shape index (κ2) is 8.41. The van der Waals surface area contributed by atoms with E-state index >= 15 is 0 Å². The normalized spacial score (nSPS) is 11.0. The van der Waals surface area contributed by atoms with Gasteiger partial charge in [-0.25, -0.2) is 4.68 Å². The number of carbonyl (C=O) groups is 2. The number of hydrogen-bond donors (Lipinski definition) is 2. The molecule has 0 saturated carbocycles. The maximum Gasteiger partial charge on any atom is 0.290 e. The van der Waals surface area contributed by atoms with Crippen molar-refractivity contribution >= 4 is 40.0 Å². The number of hydrogen-bond acceptors (Lipinski definition) is 5. The molecule has 2 amide bonds. The Morgan fingerprint density at radius 1 is 1.15 bits per heavy atom. The molecule has 0 bridgehead atoms. The lowest BCUT2D eigenvalue weighted by atomic mass is 10.1. The molecular weight excluding hydrogens is 364 g/mol. The molecule has 3 rings (SSSR count). The lowest BCUT2D eigenvalue weighted by Crippen LogP contribution is -2.42. The molecule has 1 aromatic carbocycles. The van der Waals surface area contributed by atoms with Crippen molar-refractivity contribution in [3.63, 3.8) is 0 Å². The van der Waals surface area contributed by atoms with Crippen LogP contribution in [-0.4, -0.2) is 21.6 Å². The fourth-order valence-electron chi connectivity index (χ4n) is 2.53. The van der Waals surface area contributed by atoms with E-state index in [0.717, 1.165) is 4.88 Å². The molecule has 0 atom stereocenters. The van der Waals surface area contributed by atoms with Crippen LogP contribution in [0.1, 0.15) is 28.7 Å². The molecular formula is C19H18N4O3S. The summed E-state index contributed by atoms with van der Waals surface area (Å²) in [6, 6.07) is 10.5. The van der Waals surface area contributed by atoms with Gasteiger partial charge in [-0.3, -0.25) is 25.2 Å². The first kappa shape index (κ1) is 18.5. The van der Waals surface area contributed by atoms with E-state index in [1.54, 1.807) is 30.3 Å². The van der Waals surface area contributed by atoms with Gasteiger partial charge >= 0.3 is 0 Å². The highest BCUT2D eigenvalue weighted by molar-refractivity contribution is 7.10. The van der Waals surface area contributed by atoms with Crippen molar-refractivity contribution in [2.24, 2.45) is 0 Å². The number of hydrazine groups is 1. The third kappa shape index (κ3) is 4.29. The third-order valence-corrected chi connectivity index (χ3v) is 4.60. The Hall–Kier alpha value is -3.26. The van der Waals surface area contributed by atoms with Crippen LogP contribution in [0.15, 0.2) is 52.6 Å². The lowest BCUT2D eigenvalue weighted by molar-refractivity contribution is -0.117. The summed E-state index contributed by atoms with van der Waals surface area (Å²) in [6.07, 6.45) is 3.69. The highest BCUT2D eigenvalue weighted by Gasteiger charge is 2.16. The zero-order valence-electron chi connectivity index (χ0n) is 14.6. The zero-order chi connectivity index (χ0) is 19.2. The van der Waals surface area contributed by atoms with Gasteiger partial charge in [-0.2, -0.15) is 5.10 Å². The Morgan fingerprint density at radius 3 is 2.63 bits per heavy atom. The highest BCUT2D eigenvalue weighted by Crippen LogP contribution is 2.13. The fraction of sp³-hybridized carbons (Fsp3) is 0.158. The molecule has 0 saturated heterocycles. The number of nitrogens with zero attached hydrogens (tertiary/aromatic N) is 2. The summed E-state index contributed by atoms with van der Waals surface area (Å²) in [4.78, 5) is 37.8. The first-order chi connectivity index (χ1) is 13.1. The molecule has 0 fully saturated rings. The summed E-state index contributed by atoms with van der Waals surface area (Å²) in [5, 5.41) is 6.94. The molecule has 0 aliphatic heterocycles. The predicted octanol–water partition coefficient (Wildman–Crippen LogP) is 2.34. The minimum absolute atomic E-state index is 0.0844. The number of aromatic nitrogens is 2. The second-order valence-corrected chi connectivity index (χ2v) is 6.69. The maximum atomic E-state index is 12.5. The van der Waals surface area contributed by atoms with E-state index in [4.69, 9.17) is 0 Å². The summed E-state index contributed by atoms with van der Waals surface area (Å²) in [5.74, 6) is -1.06. The quantitative estimate of drug-likeness (QED) is 0.523. The van der Waals surface area contributed by atoms with Gasteiger partial charge in [-0.05, 0) is 30.0 Å². The largest absolute Gasteiger partial charge is 0.290 e. The van der Waals surface area contributed by atoms with E-state index in [1.807, 2.05) is 24.4 Å². The van der Waals surface area contributed by atoms with Crippen LogP contribution in [0.25, 0.3) is 16.8 Å². The fourth-order valence-corrected chi connectivity index (χ4v) is 3.15. The average Bonchev–Trinajstić information content (AvgIpc) is 3.20. The summed E-state index contributed by atoms with van der Waals surface area (Å²) >= 11 is 1.50. The summed E-state index contributed by atoms with van der Waals surface area (Å²) < 4.78 is 1.27. The molecule has 2 aromatic heterocycles. The van der Waals surface area contributed by atoms with Crippen molar-refractivity contribution < 1.29 is 9.59 Å². The molecule has 0 aliphatic carbocycles. The Labute approximate surface area is 159 Å². The van der Waals surface area contributed by atoms with Crippen LogP contribution in [0, 0.1) is 0 Å². The molecule has 0 radical (unpaired) electrons. The van der Waals surface area contributed by atoms with Crippen molar-refractivity contribution in [1.82, 2.24) is 20.6 Å². The topological polar surface area (TPSA) is 93.1 Å². The molecule has 0 spiro atoms. The summed E-state index contributed by atoms with van der Waals surface area (Å²) in [7, 11) is 0. The predicted molar refractivity (Wildman–Crippen MR) is 105 cm³/mol. The van der Waals surface area contributed by atoms with Gasteiger partial charge in [0.1, 0.15) is 0 Å². The van der Waals surface area contributed by atoms with Crippen molar-refractivity contribution in [2.45, 2.75) is 19.9 Å². The van der Waals surface area contributed by atoms with E-state index in [-0.39, 0.29) is 11.3 Å². The SMILES string of the molecule is CCCn1nc(C(=O)NNC(=O)/C=C/c2cccs2)c2ccccc2c1=O. The Kier molecular flexibility index (Phi) is 5.77. The molecule has 2 N–H and O–H groups in total. The van der Waals surface area contributed by atoms with Gasteiger partial charge in [0, 0.05) is 22.9 Å².